The molecule has 2 aliphatic heterocycles. The second kappa shape index (κ2) is 28.9. The van der Waals surface area contributed by atoms with Crippen molar-refractivity contribution in [2.75, 3.05) is 6.61 Å². The van der Waals surface area contributed by atoms with Crippen LogP contribution >= 0.6 is 0 Å². The van der Waals surface area contributed by atoms with Gasteiger partial charge in [0.2, 0.25) is 5.76 Å². The monoisotopic (exact) mass is 736 g/mol. The maximum Gasteiger partial charge on any atom is 0.378 e. The van der Waals surface area contributed by atoms with Gasteiger partial charge < -0.3 is 23.7 Å². The molecule has 2 rings (SSSR count). The second-order valence-electron chi connectivity index (χ2n) is 14.1. The molecular weight excluding hydrogens is 668 g/mol. The number of esters is 3. The summed E-state index contributed by atoms with van der Waals surface area (Å²) in [6.45, 7) is 8.07. The minimum absolute atomic E-state index is 0.120. The zero-order chi connectivity index (χ0) is 38.4. The lowest BCUT2D eigenvalue weighted by atomic mass is 10.1. The van der Waals surface area contributed by atoms with Crippen LogP contribution in [0.5, 0.6) is 0 Å². The summed E-state index contributed by atoms with van der Waals surface area (Å²) in [5.41, 5.74) is 0. The van der Waals surface area contributed by atoms with Crippen molar-refractivity contribution in [2.24, 2.45) is 0 Å². The van der Waals surface area contributed by atoms with Crippen LogP contribution in [-0.4, -0.2) is 42.5 Å². The number of carbonyl (C=O) groups is 3. The van der Waals surface area contributed by atoms with Gasteiger partial charge in [-0.25, -0.2) is 4.79 Å². The van der Waals surface area contributed by atoms with Gasteiger partial charge in [0.1, 0.15) is 6.10 Å². The third-order valence-corrected chi connectivity index (χ3v) is 8.75. The predicted molar refractivity (Wildman–Crippen MR) is 213 cm³/mol. The Hall–Kier alpha value is -3.49. The third kappa shape index (κ3) is 21.7. The van der Waals surface area contributed by atoms with Gasteiger partial charge >= 0.3 is 17.9 Å². The van der Waals surface area contributed by atoms with Crippen LogP contribution in [0, 0.1) is 0 Å². The van der Waals surface area contributed by atoms with Crippen molar-refractivity contribution in [3.05, 3.63) is 84.4 Å². The van der Waals surface area contributed by atoms with Crippen LogP contribution in [0.2, 0.25) is 0 Å². The highest BCUT2D eigenvalue weighted by Gasteiger charge is 2.49. The summed E-state index contributed by atoms with van der Waals surface area (Å²) in [6.07, 6.45) is 42.8. The fourth-order valence-corrected chi connectivity index (χ4v) is 5.74. The summed E-state index contributed by atoms with van der Waals surface area (Å²) in [6, 6.07) is 0. The zero-order valence-electron chi connectivity index (χ0n) is 33.2. The first-order valence-corrected chi connectivity index (χ1v) is 20.4. The minimum atomic E-state index is -1.05. The first-order chi connectivity index (χ1) is 25.8. The molecular formula is C45H68O8. The Balaban J connectivity index is 1.76. The number of carbonyl (C=O) groups excluding carboxylic acids is 3. The first kappa shape index (κ1) is 45.7. The summed E-state index contributed by atoms with van der Waals surface area (Å²) in [7, 11) is 0. The predicted octanol–water partition coefficient (Wildman–Crippen LogP) is 11.5. The van der Waals surface area contributed by atoms with Gasteiger partial charge in [-0.2, -0.15) is 0 Å². The largest absolute Gasteiger partial charge is 0.445 e. The molecule has 0 radical (unpaired) electrons. The lowest BCUT2D eigenvalue weighted by molar-refractivity contribution is -0.165. The van der Waals surface area contributed by atoms with Crippen molar-refractivity contribution in [1.82, 2.24) is 0 Å². The summed E-state index contributed by atoms with van der Waals surface area (Å²) >= 11 is 0. The van der Waals surface area contributed by atoms with E-state index < -0.39 is 35.9 Å². The Morgan fingerprint density at radius 2 is 1.04 bits per heavy atom. The number of allylic oxidation sites excluding steroid dienone is 12. The number of hydrogen-bond donors (Lipinski definition) is 0. The van der Waals surface area contributed by atoms with E-state index in [1.807, 2.05) is 0 Å². The Labute approximate surface area is 320 Å². The minimum Gasteiger partial charge on any atom is -0.445 e. The van der Waals surface area contributed by atoms with Crippen LogP contribution in [0.1, 0.15) is 156 Å². The van der Waals surface area contributed by atoms with E-state index in [2.05, 4.69) is 86.8 Å². The molecule has 0 spiro atoms. The summed E-state index contributed by atoms with van der Waals surface area (Å²) in [5, 5.41) is 0. The summed E-state index contributed by atoms with van der Waals surface area (Å²) in [5.74, 6) is -3.35. The highest BCUT2D eigenvalue weighted by molar-refractivity contribution is 5.93. The number of hydrogen-bond acceptors (Lipinski definition) is 8. The van der Waals surface area contributed by atoms with Crippen LogP contribution < -0.4 is 0 Å². The molecule has 0 saturated carbocycles. The van der Waals surface area contributed by atoms with Crippen LogP contribution in [0.3, 0.4) is 0 Å². The lowest BCUT2D eigenvalue weighted by Gasteiger charge is -2.21. The lowest BCUT2D eigenvalue weighted by Crippen LogP contribution is -2.34. The normalized spacial score (nSPS) is 19.1. The second-order valence-corrected chi connectivity index (χ2v) is 14.1. The quantitative estimate of drug-likeness (QED) is 0.0324. The van der Waals surface area contributed by atoms with Crippen molar-refractivity contribution in [1.29, 1.82) is 0 Å². The average Bonchev–Trinajstić information content (AvgIpc) is 3.65. The molecule has 2 atom stereocenters. The zero-order valence-corrected chi connectivity index (χ0v) is 33.2. The van der Waals surface area contributed by atoms with E-state index >= 15 is 0 Å². The summed E-state index contributed by atoms with van der Waals surface area (Å²) < 4.78 is 28.2. The molecule has 1 saturated heterocycles. The molecule has 0 aromatic rings. The molecule has 1 fully saturated rings. The Bertz CT molecular complexity index is 1260. The van der Waals surface area contributed by atoms with Gasteiger partial charge in [-0.1, -0.05) is 112 Å². The number of ether oxygens (including phenoxy) is 5. The first-order valence-electron chi connectivity index (χ1n) is 20.4. The van der Waals surface area contributed by atoms with Crippen LogP contribution in [0.15, 0.2) is 84.4 Å². The van der Waals surface area contributed by atoms with E-state index in [-0.39, 0.29) is 31.0 Å². The fourth-order valence-electron chi connectivity index (χ4n) is 5.74. The van der Waals surface area contributed by atoms with Gasteiger partial charge in [0.05, 0.1) is 6.61 Å². The Kier molecular flexibility index (Phi) is 24.9. The molecule has 0 bridgehead atoms. The van der Waals surface area contributed by atoms with Gasteiger partial charge in [0, 0.05) is 12.8 Å². The van der Waals surface area contributed by atoms with E-state index in [4.69, 9.17) is 23.7 Å². The molecule has 0 aromatic heterocycles. The van der Waals surface area contributed by atoms with E-state index in [0.717, 1.165) is 64.2 Å². The van der Waals surface area contributed by atoms with Crippen LogP contribution in [-0.2, 0) is 38.1 Å². The third-order valence-electron chi connectivity index (χ3n) is 8.75. The smallest absolute Gasteiger partial charge is 0.378 e. The molecule has 2 aliphatic rings. The Morgan fingerprint density at radius 3 is 1.45 bits per heavy atom. The van der Waals surface area contributed by atoms with Crippen molar-refractivity contribution in [3.8, 4) is 0 Å². The number of unbranched alkanes of at least 4 members (excludes halogenated alkanes) is 10. The summed E-state index contributed by atoms with van der Waals surface area (Å²) in [4.78, 5) is 38.5. The van der Waals surface area contributed by atoms with Crippen LogP contribution in [0.25, 0.3) is 0 Å². The molecule has 2 heterocycles. The SMILES string of the molecule is CCCCCC=CCC=CCC=CCCCCC(=O)OC1=C(OC(=O)CCCCC=CCC=CCC=CCCCCC)C(C2COC(C)(C)O2)OC1=O. The van der Waals surface area contributed by atoms with E-state index in [1.165, 1.54) is 38.5 Å². The van der Waals surface area contributed by atoms with Crippen LogP contribution in [0.4, 0.5) is 0 Å². The number of rotatable bonds is 29. The van der Waals surface area contributed by atoms with E-state index in [0.29, 0.717) is 12.8 Å². The van der Waals surface area contributed by atoms with Gasteiger partial charge in [-0.15, -0.1) is 0 Å². The number of cyclic esters (lactones) is 1. The van der Waals surface area contributed by atoms with Crippen molar-refractivity contribution in [3.63, 3.8) is 0 Å². The van der Waals surface area contributed by atoms with Gasteiger partial charge in [-0.05, 0) is 104 Å². The molecule has 0 N–H and O–H groups in total. The Morgan fingerprint density at radius 1 is 0.623 bits per heavy atom. The highest BCUT2D eigenvalue weighted by Crippen LogP contribution is 2.34. The maximum absolute atomic E-state index is 12.9. The van der Waals surface area contributed by atoms with Gasteiger partial charge in [-0.3, -0.25) is 9.59 Å². The molecule has 0 aromatic carbocycles. The molecule has 296 valence electrons. The van der Waals surface area contributed by atoms with E-state index in [1.54, 1.807) is 13.8 Å². The van der Waals surface area contributed by atoms with Crippen molar-refractivity contribution < 1.29 is 38.1 Å². The topological polar surface area (TPSA) is 97.4 Å². The maximum atomic E-state index is 12.9. The standard InChI is InChI=1S/C45H68O8/c1-5-7-9-11-13-15-17-19-21-23-25-27-29-31-33-35-39(46)50-42-41(38-37-49-45(3,4)53-38)52-44(48)43(42)51-40(47)36-34-32-30-28-26-24-22-20-18-16-14-12-10-8-6-2/h13-16,19-22,25-28,38,41H,5-12,17-18,23-24,29-37H2,1-4H3. The average molecular weight is 737 g/mol. The van der Waals surface area contributed by atoms with Gasteiger partial charge in [0.15, 0.2) is 11.9 Å². The molecule has 0 aliphatic carbocycles. The molecule has 53 heavy (non-hydrogen) atoms. The van der Waals surface area contributed by atoms with Crippen molar-refractivity contribution >= 4 is 17.9 Å². The highest BCUT2D eigenvalue weighted by atomic mass is 16.8. The molecule has 8 heteroatoms. The van der Waals surface area contributed by atoms with E-state index in [9.17, 15) is 14.4 Å². The molecule has 0 amide bonds. The molecule has 8 nitrogen and oxygen atoms in total. The van der Waals surface area contributed by atoms with Gasteiger partial charge in [0.25, 0.3) is 5.76 Å². The van der Waals surface area contributed by atoms with Crippen molar-refractivity contribution in [2.45, 2.75) is 174 Å². The molecule has 2 unspecified atom stereocenters. The fraction of sp³-hybridized carbons (Fsp3) is 0.622.